The maximum absolute atomic E-state index is 5.82. The van der Waals surface area contributed by atoms with Crippen LogP contribution in [0, 0.1) is 0 Å². The first-order valence-corrected chi connectivity index (χ1v) is 6.06. The van der Waals surface area contributed by atoms with Crippen LogP contribution in [0.15, 0.2) is 22.9 Å². The normalized spacial score (nSPS) is 13.1. The lowest BCUT2D eigenvalue weighted by Gasteiger charge is -2.28. The largest absolute Gasteiger partial charge is 0.329 e. The molecule has 1 heterocycles. The van der Waals surface area contributed by atoms with Crippen LogP contribution >= 0.6 is 15.9 Å². The Morgan fingerprint density at radius 2 is 2.07 bits per heavy atom. The summed E-state index contributed by atoms with van der Waals surface area (Å²) < 4.78 is 1.01. The van der Waals surface area contributed by atoms with E-state index in [4.69, 9.17) is 5.73 Å². The maximum atomic E-state index is 5.82. The minimum Gasteiger partial charge on any atom is -0.329 e. The third-order valence-electron chi connectivity index (χ3n) is 2.59. The molecule has 0 aliphatic rings. The minimum absolute atomic E-state index is 0.269. The van der Waals surface area contributed by atoms with Crippen molar-refractivity contribution in [2.75, 3.05) is 19.6 Å². The minimum atomic E-state index is 0.269. The summed E-state index contributed by atoms with van der Waals surface area (Å²) in [5.41, 5.74) is 7.00. The highest BCUT2D eigenvalue weighted by Gasteiger charge is 2.16. The first-order valence-electron chi connectivity index (χ1n) is 5.27. The summed E-state index contributed by atoms with van der Waals surface area (Å²) >= 11 is 3.43. The fourth-order valence-electron chi connectivity index (χ4n) is 1.77. The van der Waals surface area contributed by atoms with Crippen molar-refractivity contribution in [3.63, 3.8) is 0 Å². The summed E-state index contributed by atoms with van der Waals surface area (Å²) in [6, 6.07) is 2.35. The average molecular weight is 272 g/mol. The van der Waals surface area contributed by atoms with Crippen molar-refractivity contribution in [2.24, 2.45) is 5.73 Å². The number of aromatic nitrogens is 1. The van der Waals surface area contributed by atoms with Crippen LogP contribution in [0.1, 0.15) is 25.5 Å². The summed E-state index contributed by atoms with van der Waals surface area (Å²) in [5, 5.41) is 0. The molecule has 0 aliphatic carbocycles. The molecule has 2 N–H and O–H groups in total. The molecule has 1 unspecified atom stereocenters. The van der Waals surface area contributed by atoms with Gasteiger partial charge in [-0.2, -0.15) is 0 Å². The van der Waals surface area contributed by atoms with Gasteiger partial charge in [0.2, 0.25) is 0 Å². The second kappa shape index (κ2) is 6.20. The number of hydrogen-bond acceptors (Lipinski definition) is 3. The van der Waals surface area contributed by atoms with E-state index < -0.39 is 0 Å². The maximum Gasteiger partial charge on any atom is 0.0485 e. The smallest absolute Gasteiger partial charge is 0.0485 e. The molecule has 0 bridgehead atoms. The second-order valence-electron chi connectivity index (χ2n) is 3.41. The van der Waals surface area contributed by atoms with Crippen molar-refractivity contribution in [1.29, 1.82) is 0 Å². The van der Waals surface area contributed by atoms with Gasteiger partial charge in [-0.3, -0.25) is 9.88 Å². The molecular formula is C11H18BrN3. The zero-order valence-corrected chi connectivity index (χ0v) is 10.9. The fraction of sp³-hybridized carbons (Fsp3) is 0.545. The molecule has 0 fully saturated rings. The van der Waals surface area contributed by atoms with Crippen molar-refractivity contribution in [3.05, 3.63) is 28.5 Å². The van der Waals surface area contributed by atoms with Gasteiger partial charge in [-0.15, -0.1) is 0 Å². The van der Waals surface area contributed by atoms with Crippen molar-refractivity contribution in [1.82, 2.24) is 9.88 Å². The highest BCUT2D eigenvalue weighted by Crippen LogP contribution is 2.21. The third-order valence-corrected chi connectivity index (χ3v) is 3.02. The topological polar surface area (TPSA) is 42.1 Å². The van der Waals surface area contributed by atoms with E-state index in [9.17, 15) is 0 Å². The van der Waals surface area contributed by atoms with Gasteiger partial charge in [0, 0.05) is 29.5 Å². The molecule has 0 spiro atoms. The Labute approximate surface area is 99.8 Å². The Bertz CT molecular complexity index is 300. The number of pyridine rings is 1. The van der Waals surface area contributed by atoms with Crippen LogP contribution in [0.2, 0.25) is 0 Å². The number of rotatable bonds is 5. The summed E-state index contributed by atoms with van der Waals surface area (Å²) in [4.78, 5) is 6.51. The summed E-state index contributed by atoms with van der Waals surface area (Å²) in [6.45, 7) is 6.94. The Morgan fingerprint density at radius 3 is 2.53 bits per heavy atom. The van der Waals surface area contributed by atoms with E-state index in [1.54, 1.807) is 6.20 Å². The number of likely N-dealkylation sites (N-methyl/N-ethyl adjacent to an activating group) is 1. The van der Waals surface area contributed by atoms with Crippen LogP contribution in [0.25, 0.3) is 0 Å². The van der Waals surface area contributed by atoms with Crippen molar-refractivity contribution in [2.45, 2.75) is 19.9 Å². The average Bonchev–Trinajstić information content (AvgIpc) is 2.25. The van der Waals surface area contributed by atoms with Gasteiger partial charge in [-0.25, -0.2) is 0 Å². The van der Waals surface area contributed by atoms with Crippen LogP contribution in [-0.4, -0.2) is 29.5 Å². The monoisotopic (exact) mass is 271 g/mol. The summed E-state index contributed by atoms with van der Waals surface area (Å²) in [6.07, 6.45) is 3.68. The molecule has 0 amide bonds. The summed E-state index contributed by atoms with van der Waals surface area (Å²) in [5.74, 6) is 0. The van der Waals surface area contributed by atoms with Crippen LogP contribution in [-0.2, 0) is 0 Å². The van der Waals surface area contributed by atoms with Crippen LogP contribution < -0.4 is 5.73 Å². The Balaban J connectivity index is 2.90. The fourth-order valence-corrected chi connectivity index (χ4v) is 2.15. The van der Waals surface area contributed by atoms with Gasteiger partial charge in [-0.1, -0.05) is 13.8 Å². The molecule has 1 rings (SSSR count). The molecule has 1 aromatic rings. The molecule has 1 atom stereocenters. The van der Waals surface area contributed by atoms with Gasteiger partial charge in [0.25, 0.3) is 0 Å². The molecular weight excluding hydrogens is 254 g/mol. The molecule has 0 saturated heterocycles. The lowest BCUT2D eigenvalue weighted by molar-refractivity contribution is 0.223. The summed E-state index contributed by atoms with van der Waals surface area (Å²) in [7, 11) is 0. The van der Waals surface area contributed by atoms with E-state index in [-0.39, 0.29) is 6.04 Å². The van der Waals surface area contributed by atoms with Crippen molar-refractivity contribution < 1.29 is 0 Å². The number of hydrogen-bond donors (Lipinski definition) is 1. The highest BCUT2D eigenvalue weighted by molar-refractivity contribution is 9.10. The lowest BCUT2D eigenvalue weighted by Crippen LogP contribution is -2.33. The SMILES string of the molecule is CCN(CC)C(CN)c1cncc(Br)c1. The van der Waals surface area contributed by atoms with Gasteiger partial charge in [0.1, 0.15) is 0 Å². The first-order chi connectivity index (χ1) is 7.22. The highest BCUT2D eigenvalue weighted by atomic mass is 79.9. The zero-order valence-electron chi connectivity index (χ0n) is 9.28. The molecule has 0 aromatic carbocycles. The van der Waals surface area contributed by atoms with Gasteiger partial charge >= 0.3 is 0 Å². The van der Waals surface area contributed by atoms with Gasteiger partial charge in [-0.05, 0) is 40.6 Å². The number of nitrogens with two attached hydrogens (primary N) is 1. The Kier molecular flexibility index (Phi) is 5.22. The molecule has 0 radical (unpaired) electrons. The second-order valence-corrected chi connectivity index (χ2v) is 4.32. The van der Waals surface area contributed by atoms with E-state index in [1.165, 1.54) is 5.56 Å². The van der Waals surface area contributed by atoms with E-state index in [0.717, 1.165) is 17.6 Å². The van der Waals surface area contributed by atoms with Crippen molar-refractivity contribution in [3.8, 4) is 0 Å². The molecule has 0 saturated carbocycles. The van der Waals surface area contributed by atoms with Crippen LogP contribution in [0.4, 0.5) is 0 Å². The Hall–Kier alpha value is -0.450. The number of halogens is 1. The third kappa shape index (κ3) is 3.26. The molecule has 84 valence electrons. The molecule has 0 aliphatic heterocycles. The molecule has 4 heteroatoms. The van der Waals surface area contributed by atoms with E-state index in [2.05, 4.69) is 45.7 Å². The van der Waals surface area contributed by atoms with E-state index in [0.29, 0.717) is 6.54 Å². The molecule has 3 nitrogen and oxygen atoms in total. The first kappa shape index (κ1) is 12.6. The Morgan fingerprint density at radius 1 is 1.40 bits per heavy atom. The van der Waals surface area contributed by atoms with Crippen molar-refractivity contribution >= 4 is 15.9 Å². The van der Waals surface area contributed by atoms with Crippen LogP contribution in [0.5, 0.6) is 0 Å². The predicted octanol–water partition coefficient (Wildman–Crippen LogP) is 2.19. The van der Waals surface area contributed by atoms with E-state index in [1.807, 2.05) is 6.20 Å². The van der Waals surface area contributed by atoms with Crippen LogP contribution in [0.3, 0.4) is 0 Å². The number of nitrogens with zero attached hydrogens (tertiary/aromatic N) is 2. The zero-order chi connectivity index (χ0) is 11.3. The lowest BCUT2D eigenvalue weighted by atomic mass is 10.1. The van der Waals surface area contributed by atoms with Gasteiger partial charge < -0.3 is 5.73 Å². The van der Waals surface area contributed by atoms with Gasteiger partial charge in [0.15, 0.2) is 0 Å². The molecule has 15 heavy (non-hydrogen) atoms. The standard InChI is InChI=1S/C11H18BrN3/c1-3-15(4-2)11(6-13)9-5-10(12)8-14-7-9/h5,7-8,11H,3-4,6,13H2,1-2H3. The van der Waals surface area contributed by atoms with Gasteiger partial charge in [0.05, 0.1) is 0 Å². The molecule has 1 aromatic heterocycles. The predicted molar refractivity (Wildman–Crippen MR) is 66.7 cm³/mol. The quantitative estimate of drug-likeness (QED) is 0.893. The van der Waals surface area contributed by atoms with E-state index >= 15 is 0 Å².